The summed E-state index contributed by atoms with van der Waals surface area (Å²) in [5.74, 6) is 0.218. The molecule has 76 valence electrons. The van der Waals surface area contributed by atoms with Crippen LogP contribution in [0.5, 0.6) is 0 Å². The van der Waals surface area contributed by atoms with E-state index in [1.165, 1.54) is 0 Å². The van der Waals surface area contributed by atoms with Crippen molar-refractivity contribution in [3.05, 3.63) is 0 Å². The van der Waals surface area contributed by atoms with Crippen molar-refractivity contribution in [3.63, 3.8) is 0 Å². The van der Waals surface area contributed by atoms with Gasteiger partial charge in [0.15, 0.2) is 0 Å². The van der Waals surface area contributed by atoms with Crippen LogP contribution in [0.1, 0.15) is 47.5 Å². The third kappa shape index (κ3) is 1.59. The summed E-state index contributed by atoms with van der Waals surface area (Å²) < 4.78 is 0. The van der Waals surface area contributed by atoms with Gasteiger partial charge in [-0.25, -0.2) is 0 Å². The lowest BCUT2D eigenvalue weighted by atomic mass is 9.73. The molecule has 1 aliphatic heterocycles. The molecule has 0 aromatic rings. The smallest absolute Gasteiger partial charge is 0.219 e. The predicted molar refractivity (Wildman–Crippen MR) is 54.5 cm³/mol. The number of likely N-dealkylation sites (tertiary alicyclic amines) is 1. The van der Waals surface area contributed by atoms with E-state index in [1.54, 1.807) is 6.92 Å². The molecule has 0 bridgehead atoms. The van der Waals surface area contributed by atoms with Crippen LogP contribution in [0.15, 0.2) is 0 Å². The summed E-state index contributed by atoms with van der Waals surface area (Å²) in [6.07, 6.45) is 2.28. The molecule has 0 unspecified atom stereocenters. The molecule has 0 radical (unpaired) electrons. The molecule has 0 aromatic heterocycles. The van der Waals surface area contributed by atoms with Crippen LogP contribution in [0.25, 0.3) is 0 Å². The summed E-state index contributed by atoms with van der Waals surface area (Å²) in [4.78, 5) is 13.5. The molecule has 1 atom stereocenters. The minimum absolute atomic E-state index is 0.0544. The number of rotatable bonds is 0. The Hall–Kier alpha value is -0.530. The molecule has 1 amide bonds. The van der Waals surface area contributed by atoms with Crippen molar-refractivity contribution in [2.75, 3.05) is 6.54 Å². The first-order valence-corrected chi connectivity index (χ1v) is 5.07. The second-order valence-corrected chi connectivity index (χ2v) is 5.30. The highest BCUT2D eigenvalue weighted by molar-refractivity contribution is 5.74. The number of carbonyl (C=O) groups is 1. The molecular formula is C11H21NO. The van der Waals surface area contributed by atoms with E-state index in [0.717, 1.165) is 19.4 Å². The highest BCUT2D eigenvalue weighted by atomic mass is 16.2. The number of hydrogen-bond acceptors (Lipinski definition) is 1. The Balaban J connectivity index is 2.95. The molecule has 1 heterocycles. The van der Waals surface area contributed by atoms with E-state index in [0.29, 0.717) is 0 Å². The first-order chi connectivity index (χ1) is 5.79. The summed E-state index contributed by atoms with van der Waals surface area (Å²) in [6.45, 7) is 11.5. The Labute approximate surface area is 81.3 Å². The van der Waals surface area contributed by atoms with Gasteiger partial charge >= 0.3 is 0 Å². The second-order valence-electron chi connectivity index (χ2n) is 5.30. The lowest BCUT2D eigenvalue weighted by molar-refractivity contribution is -0.136. The molecule has 0 spiro atoms. The van der Waals surface area contributed by atoms with E-state index >= 15 is 0 Å². The zero-order chi connectivity index (χ0) is 10.3. The van der Waals surface area contributed by atoms with Crippen LogP contribution in [0.2, 0.25) is 0 Å². The third-order valence-corrected chi connectivity index (χ3v) is 3.64. The van der Waals surface area contributed by atoms with Crippen LogP contribution in [0, 0.1) is 5.41 Å². The molecule has 0 N–H and O–H groups in total. The first-order valence-electron chi connectivity index (χ1n) is 5.07. The third-order valence-electron chi connectivity index (χ3n) is 3.64. The Morgan fingerprint density at radius 1 is 1.38 bits per heavy atom. The van der Waals surface area contributed by atoms with Gasteiger partial charge in [-0.05, 0) is 25.2 Å². The van der Waals surface area contributed by atoms with Crippen molar-refractivity contribution >= 4 is 5.91 Å². The summed E-state index contributed by atoms with van der Waals surface area (Å²) in [5, 5.41) is 0. The predicted octanol–water partition coefficient (Wildman–Crippen LogP) is 2.43. The van der Waals surface area contributed by atoms with E-state index in [2.05, 4.69) is 27.7 Å². The average Bonchev–Trinajstić information content (AvgIpc) is 2.30. The van der Waals surface area contributed by atoms with Gasteiger partial charge in [0.2, 0.25) is 5.91 Å². The van der Waals surface area contributed by atoms with Crippen molar-refractivity contribution in [1.82, 2.24) is 4.90 Å². The zero-order valence-corrected chi connectivity index (χ0v) is 9.48. The van der Waals surface area contributed by atoms with E-state index in [1.807, 2.05) is 4.90 Å². The molecule has 0 aliphatic carbocycles. The van der Waals surface area contributed by atoms with E-state index in [-0.39, 0.29) is 16.9 Å². The maximum absolute atomic E-state index is 11.4. The molecule has 1 aliphatic rings. The lowest BCUT2D eigenvalue weighted by Crippen LogP contribution is -2.52. The average molecular weight is 183 g/mol. The second kappa shape index (κ2) is 3.00. The van der Waals surface area contributed by atoms with Gasteiger partial charge in [-0.3, -0.25) is 4.79 Å². The van der Waals surface area contributed by atoms with Crippen molar-refractivity contribution in [1.29, 1.82) is 0 Å². The first kappa shape index (κ1) is 10.6. The minimum atomic E-state index is 0.0544. The van der Waals surface area contributed by atoms with Crippen molar-refractivity contribution < 1.29 is 4.79 Å². The van der Waals surface area contributed by atoms with Crippen molar-refractivity contribution in [2.24, 2.45) is 5.41 Å². The van der Waals surface area contributed by atoms with Gasteiger partial charge in [0.25, 0.3) is 0 Å². The van der Waals surface area contributed by atoms with Gasteiger partial charge in [0.05, 0.1) is 0 Å². The van der Waals surface area contributed by atoms with Crippen LogP contribution in [0.4, 0.5) is 0 Å². The maximum Gasteiger partial charge on any atom is 0.219 e. The van der Waals surface area contributed by atoms with Gasteiger partial charge in [-0.15, -0.1) is 0 Å². The Bertz CT molecular complexity index is 217. The minimum Gasteiger partial charge on any atom is -0.337 e. The number of amides is 1. The summed E-state index contributed by atoms with van der Waals surface area (Å²) >= 11 is 0. The molecule has 1 saturated heterocycles. The monoisotopic (exact) mass is 183 g/mol. The normalized spacial score (nSPS) is 29.5. The van der Waals surface area contributed by atoms with Crippen molar-refractivity contribution in [3.8, 4) is 0 Å². The van der Waals surface area contributed by atoms with E-state index in [9.17, 15) is 4.79 Å². The SMILES string of the molecule is CC(=O)N1CCC[C@]1(C)C(C)(C)C. The zero-order valence-electron chi connectivity index (χ0n) is 9.48. The fraction of sp³-hybridized carbons (Fsp3) is 0.909. The molecule has 2 nitrogen and oxygen atoms in total. The van der Waals surface area contributed by atoms with Crippen LogP contribution in [-0.4, -0.2) is 22.9 Å². The molecule has 2 heteroatoms. The van der Waals surface area contributed by atoms with Gasteiger partial charge in [0.1, 0.15) is 0 Å². The van der Waals surface area contributed by atoms with Gasteiger partial charge in [0, 0.05) is 19.0 Å². The van der Waals surface area contributed by atoms with Gasteiger partial charge in [-0.1, -0.05) is 20.8 Å². The van der Waals surface area contributed by atoms with Crippen LogP contribution in [-0.2, 0) is 4.79 Å². The lowest BCUT2D eigenvalue weighted by Gasteiger charge is -2.45. The largest absolute Gasteiger partial charge is 0.337 e. The molecule has 1 fully saturated rings. The summed E-state index contributed by atoms with van der Waals surface area (Å²) in [6, 6.07) is 0. The standard InChI is InChI=1S/C11H21NO/c1-9(13)12-8-6-7-11(12,5)10(2,3)4/h6-8H2,1-5H3/t11-/m1/s1. The van der Waals surface area contributed by atoms with E-state index in [4.69, 9.17) is 0 Å². The van der Waals surface area contributed by atoms with Gasteiger partial charge < -0.3 is 4.90 Å². The van der Waals surface area contributed by atoms with Crippen LogP contribution < -0.4 is 0 Å². The Morgan fingerprint density at radius 3 is 2.23 bits per heavy atom. The molecule has 0 saturated carbocycles. The fourth-order valence-electron chi connectivity index (χ4n) is 2.25. The molecular weight excluding hydrogens is 162 g/mol. The Kier molecular flexibility index (Phi) is 2.44. The Morgan fingerprint density at radius 2 is 1.92 bits per heavy atom. The topological polar surface area (TPSA) is 20.3 Å². The molecule has 13 heavy (non-hydrogen) atoms. The quantitative estimate of drug-likeness (QED) is 0.565. The molecule has 0 aromatic carbocycles. The van der Waals surface area contributed by atoms with Gasteiger partial charge in [-0.2, -0.15) is 0 Å². The van der Waals surface area contributed by atoms with Crippen LogP contribution in [0.3, 0.4) is 0 Å². The van der Waals surface area contributed by atoms with E-state index < -0.39 is 0 Å². The molecule has 1 rings (SSSR count). The van der Waals surface area contributed by atoms with Crippen LogP contribution >= 0.6 is 0 Å². The number of hydrogen-bond donors (Lipinski definition) is 0. The fourth-order valence-corrected chi connectivity index (χ4v) is 2.25. The number of nitrogens with zero attached hydrogens (tertiary/aromatic N) is 1. The maximum atomic E-state index is 11.4. The van der Waals surface area contributed by atoms with Crippen molar-refractivity contribution in [2.45, 2.75) is 53.0 Å². The highest BCUT2D eigenvalue weighted by Gasteiger charge is 2.46. The summed E-state index contributed by atoms with van der Waals surface area (Å²) in [5.41, 5.74) is 0.230. The summed E-state index contributed by atoms with van der Waals surface area (Å²) in [7, 11) is 0. The number of carbonyl (C=O) groups excluding carboxylic acids is 1. The highest BCUT2D eigenvalue weighted by Crippen LogP contribution is 2.43.